The first-order chi connectivity index (χ1) is 12.5. The second-order valence-electron chi connectivity index (χ2n) is 7.85. The van der Waals surface area contributed by atoms with Crippen LogP contribution >= 0.6 is 0 Å². The molecule has 0 saturated carbocycles. The fourth-order valence-electron chi connectivity index (χ4n) is 3.73. The van der Waals surface area contributed by atoms with E-state index >= 15 is 0 Å². The van der Waals surface area contributed by atoms with Crippen molar-refractivity contribution in [3.63, 3.8) is 0 Å². The van der Waals surface area contributed by atoms with Crippen LogP contribution in [-0.4, -0.2) is 23.4 Å². The quantitative estimate of drug-likeness (QED) is 0.585. The lowest BCUT2D eigenvalue weighted by atomic mass is 9.92. The van der Waals surface area contributed by atoms with Crippen molar-refractivity contribution in [2.75, 3.05) is 18.5 Å². The Labute approximate surface area is 160 Å². The molecule has 1 aliphatic rings. The molecule has 0 bridgehead atoms. The summed E-state index contributed by atoms with van der Waals surface area (Å²) in [7, 11) is 4.13. The van der Waals surface area contributed by atoms with Crippen LogP contribution in [0.4, 0.5) is 5.69 Å². The van der Waals surface area contributed by atoms with Gasteiger partial charge in [-0.3, -0.25) is 4.68 Å². The molecule has 1 aromatic carbocycles. The molecule has 2 aromatic rings. The third-order valence-corrected chi connectivity index (χ3v) is 5.14. The Morgan fingerprint density at radius 3 is 2.27 bits per heavy atom. The van der Waals surface area contributed by atoms with Crippen LogP contribution in [0.1, 0.15) is 64.9 Å². The summed E-state index contributed by atoms with van der Waals surface area (Å²) in [6, 6.07) is 6.75. The molecule has 3 nitrogen and oxygen atoms in total. The van der Waals surface area contributed by atoms with Gasteiger partial charge in [0.05, 0.1) is 6.20 Å². The number of fused-ring (bicyclic) bond motifs is 1. The lowest BCUT2D eigenvalue weighted by molar-refractivity contribution is 0.552. The van der Waals surface area contributed by atoms with Crippen molar-refractivity contribution in [2.45, 2.75) is 65.7 Å². The highest BCUT2D eigenvalue weighted by Gasteiger charge is 2.19. The van der Waals surface area contributed by atoms with Crippen molar-refractivity contribution in [1.29, 1.82) is 0 Å². The van der Waals surface area contributed by atoms with Gasteiger partial charge in [-0.15, -0.1) is 0 Å². The van der Waals surface area contributed by atoms with E-state index in [0.717, 1.165) is 12.5 Å². The highest BCUT2D eigenvalue weighted by Crippen LogP contribution is 2.32. The Morgan fingerprint density at radius 1 is 1.00 bits per heavy atom. The summed E-state index contributed by atoms with van der Waals surface area (Å²) in [5.74, 6) is 0.728. The first-order valence-corrected chi connectivity index (χ1v) is 10.4. The predicted molar refractivity (Wildman–Crippen MR) is 114 cm³/mol. The molecule has 0 N–H and O–H groups in total. The van der Waals surface area contributed by atoms with Crippen LogP contribution in [0.2, 0.25) is 0 Å². The van der Waals surface area contributed by atoms with Crippen molar-refractivity contribution in [3.8, 4) is 11.1 Å². The Balaban J connectivity index is 0.000000260. The van der Waals surface area contributed by atoms with E-state index in [1.807, 2.05) is 17.9 Å². The van der Waals surface area contributed by atoms with Crippen LogP contribution in [-0.2, 0) is 13.5 Å². The summed E-state index contributed by atoms with van der Waals surface area (Å²) in [6.07, 6.45) is 13.7. The molecular formula is C23H37N3. The highest BCUT2D eigenvalue weighted by molar-refractivity contribution is 5.68. The van der Waals surface area contributed by atoms with E-state index in [1.165, 1.54) is 67.3 Å². The van der Waals surface area contributed by atoms with Gasteiger partial charge in [0.15, 0.2) is 0 Å². The van der Waals surface area contributed by atoms with Crippen molar-refractivity contribution >= 4 is 5.69 Å². The maximum Gasteiger partial charge on any atom is 0.0568 e. The number of anilines is 1. The number of aromatic nitrogens is 2. The molecule has 1 aromatic heterocycles. The van der Waals surface area contributed by atoms with Crippen LogP contribution in [0.25, 0.3) is 11.1 Å². The molecule has 0 aliphatic carbocycles. The first-order valence-electron chi connectivity index (χ1n) is 10.4. The molecule has 3 rings (SSSR count). The van der Waals surface area contributed by atoms with Crippen molar-refractivity contribution < 1.29 is 0 Å². The number of nitrogens with zero attached hydrogens (tertiary/aromatic N) is 3. The molecule has 26 heavy (non-hydrogen) atoms. The van der Waals surface area contributed by atoms with Crippen molar-refractivity contribution in [3.05, 3.63) is 36.2 Å². The summed E-state index contributed by atoms with van der Waals surface area (Å²) in [4.78, 5) is 2.36. The maximum absolute atomic E-state index is 4.24. The smallest absolute Gasteiger partial charge is 0.0568 e. The van der Waals surface area contributed by atoms with Crippen LogP contribution in [0.3, 0.4) is 0 Å². The molecular weight excluding hydrogens is 318 g/mol. The van der Waals surface area contributed by atoms with E-state index in [1.54, 1.807) is 0 Å². The molecule has 0 fully saturated rings. The minimum atomic E-state index is 0.728. The first kappa shape index (κ1) is 20.5. The zero-order valence-electron chi connectivity index (χ0n) is 17.5. The van der Waals surface area contributed by atoms with Gasteiger partial charge in [0.2, 0.25) is 0 Å². The van der Waals surface area contributed by atoms with Crippen LogP contribution in [0.15, 0.2) is 30.6 Å². The largest absolute Gasteiger partial charge is 0.374 e. The van der Waals surface area contributed by atoms with E-state index in [0.29, 0.717) is 0 Å². The van der Waals surface area contributed by atoms with Gasteiger partial charge in [-0.1, -0.05) is 65.4 Å². The number of aryl methyl sites for hydroxylation is 1. The topological polar surface area (TPSA) is 21.1 Å². The standard InChI is InChI=1S/C15H19N3.C8H18/c1-11-6-13-7-12(14-8-16-18(3)10-14)4-5-15(13)17(2)9-11;1-3-5-7-8-6-4-2/h4-5,7-8,10-11H,6,9H2,1-3H3;3-8H2,1-2H3/t11-;/m1./s1. The molecule has 1 aliphatic heterocycles. The predicted octanol–water partition coefficient (Wildman–Crippen LogP) is 6.08. The number of benzene rings is 1. The normalized spacial score (nSPS) is 16.0. The van der Waals surface area contributed by atoms with Crippen LogP contribution < -0.4 is 4.90 Å². The van der Waals surface area contributed by atoms with Gasteiger partial charge in [0.1, 0.15) is 0 Å². The summed E-state index contributed by atoms with van der Waals surface area (Å²) in [6.45, 7) is 7.98. The molecule has 0 spiro atoms. The van der Waals surface area contributed by atoms with Gasteiger partial charge in [0.25, 0.3) is 0 Å². The second kappa shape index (κ2) is 10.4. The van der Waals surface area contributed by atoms with E-state index in [-0.39, 0.29) is 0 Å². The Hall–Kier alpha value is -1.77. The zero-order valence-corrected chi connectivity index (χ0v) is 17.5. The monoisotopic (exact) mass is 355 g/mol. The molecule has 0 radical (unpaired) electrons. The van der Waals surface area contributed by atoms with Crippen LogP contribution in [0, 0.1) is 5.92 Å². The number of hydrogen-bond donors (Lipinski definition) is 0. The van der Waals surface area contributed by atoms with Crippen molar-refractivity contribution in [1.82, 2.24) is 9.78 Å². The Morgan fingerprint density at radius 2 is 1.69 bits per heavy atom. The van der Waals surface area contributed by atoms with Gasteiger partial charge < -0.3 is 4.90 Å². The molecule has 144 valence electrons. The second-order valence-corrected chi connectivity index (χ2v) is 7.85. The molecule has 0 amide bonds. The third-order valence-electron chi connectivity index (χ3n) is 5.14. The minimum Gasteiger partial charge on any atom is -0.374 e. The molecule has 0 unspecified atom stereocenters. The average molecular weight is 356 g/mol. The maximum atomic E-state index is 4.24. The summed E-state index contributed by atoms with van der Waals surface area (Å²) in [5, 5.41) is 4.24. The molecule has 0 saturated heterocycles. The van der Waals surface area contributed by atoms with Gasteiger partial charge in [-0.05, 0) is 35.6 Å². The van der Waals surface area contributed by atoms with Crippen LogP contribution in [0.5, 0.6) is 0 Å². The fourth-order valence-corrected chi connectivity index (χ4v) is 3.73. The number of unbranched alkanes of at least 4 members (excludes halogenated alkanes) is 5. The number of hydrogen-bond acceptors (Lipinski definition) is 2. The molecule has 1 atom stereocenters. The van der Waals surface area contributed by atoms with E-state index in [9.17, 15) is 0 Å². The zero-order chi connectivity index (χ0) is 18.9. The fraction of sp³-hybridized carbons (Fsp3) is 0.609. The Bertz CT molecular complexity index is 653. The van der Waals surface area contributed by atoms with Crippen molar-refractivity contribution in [2.24, 2.45) is 13.0 Å². The molecule has 2 heterocycles. The SMILES string of the molecule is CCCCCCCC.C[C@@H]1Cc2cc(-c3cnn(C)c3)ccc2N(C)C1. The lowest BCUT2D eigenvalue weighted by Gasteiger charge is -2.32. The summed E-state index contributed by atoms with van der Waals surface area (Å²) < 4.78 is 1.85. The van der Waals surface area contributed by atoms with Gasteiger partial charge in [-0.25, -0.2) is 0 Å². The lowest BCUT2D eigenvalue weighted by Crippen LogP contribution is -2.30. The van der Waals surface area contributed by atoms with E-state index in [2.05, 4.69) is 62.2 Å². The Kier molecular flexibility index (Phi) is 8.21. The van der Waals surface area contributed by atoms with E-state index in [4.69, 9.17) is 0 Å². The summed E-state index contributed by atoms with van der Waals surface area (Å²) in [5.41, 5.74) is 5.30. The van der Waals surface area contributed by atoms with Gasteiger partial charge in [0, 0.05) is 38.1 Å². The third kappa shape index (κ3) is 5.89. The number of rotatable bonds is 6. The van der Waals surface area contributed by atoms with Gasteiger partial charge in [-0.2, -0.15) is 5.10 Å². The highest BCUT2D eigenvalue weighted by atomic mass is 15.2. The van der Waals surface area contributed by atoms with Gasteiger partial charge >= 0.3 is 0 Å². The van der Waals surface area contributed by atoms with E-state index < -0.39 is 0 Å². The molecule has 3 heteroatoms. The summed E-state index contributed by atoms with van der Waals surface area (Å²) >= 11 is 0. The average Bonchev–Trinajstić information content (AvgIpc) is 3.05. The minimum absolute atomic E-state index is 0.728.